The molecule has 0 N–H and O–H groups in total. The molecule has 0 heterocycles. The summed E-state index contributed by atoms with van der Waals surface area (Å²) in [7, 11) is 1.36. The Morgan fingerprint density at radius 1 is 0.492 bits per heavy atom. The summed E-state index contributed by atoms with van der Waals surface area (Å²) in [5.41, 5.74) is 0. The Bertz CT molecular complexity index is 1100. The second-order valence-corrected chi connectivity index (χ2v) is 20.6. The molecule has 0 aliphatic heterocycles. The molecule has 63 heavy (non-hydrogen) atoms. The Kier molecular flexibility index (Phi) is 46.3. The zero-order valence-electron chi connectivity index (χ0n) is 42.3. The molecule has 0 aromatic rings. The Hall–Kier alpha value is -1.28. The zero-order chi connectivity index (χ0) is 46.2. The van der Waals surface area contributed by atoms with Crippen molar-refractivity contribution in [3.63, 3.8) is 0 Å². The number of quaternary nitrogens is 1. The summed E-state index contributed by atoms with van der Waals surface area (Å²) in [6, 6.07) is 0. The van der Waals surface area contributed by atoms with Crippen LogP contribution in [0, 0.1) is 0 Å². The van der Waals surface area contributed by atoms with Gasteiger partial charge in [-0.25, -0.2) is 0 Å². The smallest absolute Gasteiger partial charge is 0.306 e. The van der Waals surface area contributed by atoms with Crippen molar-refractivity contribution in [2.45, 2.75) is 251 Å². The fraction of sp³-hybridized carbons (Fsp3) is 0.870. The van der Waals surface area contributed by atoms with Gasteiger partial charge < -0.3 is 27.9 Å². The van der Waals surface area contributed by atoms with Gasteiger partial charge in [0.05, 0.1) is 34.4 Å². The van der Waals surface area contributed by atoms with Crippen LogP contribution in [0.3, 0.4) is 0 Å². The molecule has 0 radical (unpaired) electrons. The second-order valence-electron chi connectivity index (χ2n) is 19.2. The van der Waals surface area contributed by atoms with E-state index in [0.29, 0.717) is 24.1 Å². The van der Waals surface area contributed by atoms with Crippen molar-refractivity contribution in [1.82, 2.24) is 0 Å². The average Bonchev–Trinajstić information content (AvgIpc) is 3.24. The first kappa shape index (κ1) is 61.7. The van der Waals surface area contributed by atoms with Crippen LogP contribution in [0.2, 0.25) is 0 Å². The Balaban J connectivity index is 4.11. The number of phosphoric ester groups is 1. The van der Waals surface area contributed by atoms with Gasteiger partial charge in [-0.1, -0.05) is 204 Å². The van der Waals surface area contributed by atoms with E-state index in [0.717, 1.165) is 38.5 Å². The number of hydrogen-bond donors (Lipinski definition) is 0. The molecule has 0 aromatic carbocycles. The maximum absolute atomic E-state index is 12.8. The maximum Gasteiger partial charge on any atom is 0.306 e. The highest BCUT2D eigenvalue weighted by Gasteiger charge is 2.20. The van der Waals surface area contributed by atoms with E-state index in [1.165, 1.54) is 186 Å². The summed E-state index contributed by atoms with van der Waals surface area (Å²) in [6.07, 6.45) is 57.4. The van der Waals surface area contributed by atoms with Crippen LogP contribution in [0.25, 0.3) is 0 Å². The van der Waals surface area contributed by atoms with Gasteiger partial charge in [-0.3, -0.25) is 9.36 Å². The molecule has 8 nitrogen and oxygen atoms in total. The molecule has 0 bridgehead atoms. The first-order valence-electron chi connectivity index (χ1n) is 26.7. The predicted molar refractivity (Wildman–Crippen MR) is 268 cm³/mol. The van der Waals surface area contributed by atoms with Gasteiger partial charge >= 0.3 is 5.97 Å². The van der Waals surface area contributed by atoms with Crippen LogP contribution in [0.15, 0.2) is 36.5 Å². The van der Waals surface area contributed by atoms with E-state index in [1.807, 2.05) is 21.1 Å². The fourth-order valence-corrected chi connectivity index (χ4v) is 8.24. The predicted octanol–water partition coefficient (Wildman–Crippen LogP) is 15.9. The lowest BCUT2D eigenvalue weighted by atomic mass is 10.1. The van der Waals surface area contributed by atoms with Crippen LogP contribution in [-0.2, 0) is 27.9 Å². The zero-order valence-corrected chi connectivity index (χ0v) is 43.2. The quantitative estimate of drug-likeness (QED) is 0.0197. The minimum atomic E-state index is -4.53. The first-order chi connectivity index (χ1) is 30.6. The molecule has 0 aromatic heterocycles. The lowest BCUT2D eigenvalue weighted by Crippen LogP contribution is -2.37. The maximum atomic E-state index is 12.8. The van der Waals surface area contributed by atoms with Gasteiger partial charge in [-0.15, -0.1) is 0 Å². The minimum absolute atomic E-state index is 0.0255. The molecule has 0 saturated heterocycles. The molecule has 0 fully saturated rings. The number of allylic oxidation sites excluding steroid dienone is 6. The van der Waals surface area contributed by atoms with Gasteiger partial charge in [-0.05, 0) is 70.6 Å². The van der Waals surface area contributed by atoms with E-state index in [1.54, 1.807) is 0 Å². The Morgan fingerprint density at radius 3 is 1.33 bits per heavy atom. The number of likely N-dealkylation sites (N-methyl/N-ethyl adjacent to an activating group) is 1. The van der Waals surface area contributed by atoms with Crippen LogP contribution < -0.4 is 4.89 Å². The summed E-state index contributed by atoms with van der Waals surface area (Å²) >= 11 is 0. The monoisotopic (exact) mass is 910 g/mol. The van der Waals surface area contributed by atoms with Gasteiger partial charge in [0.25, 0.3) is 7.82 Å². The van der Waals surface area contributed by atoms with Crippen LogP contribution in [0.5, 0.6) is 0 Å². The number of esters is 1. The molecule has 0 saturated carbocycles. The summed E-state index contributed by atoms with van der Waals surface area (Å²) in [5.74, 6) is -0.336. The number of unbranched alkanes of at least 4 members (excludes halogenated alkanes) is 30. The topological polar surface area (TPSA) is 94.1 Å². The average molecular weight is 910 g/mol. The molecule has 0 rings (SSSR count). The van der Waals surface area contributed by atoms with Gasteiger partial charge in [0, 0.05) is 13.0 Å². The van der Waals surface area contributed by atoms with E-state index in [4.69, 9.17) is 18.5 Å². The summed E-state index contributed by atoms with van der Waals surface area (Å²) in [6.45, 7) is 5.42. The molecule has 0 amide bonds. The number of carbonyl (C=O) groups excluding carboxylic acids is 1. The number of rotatable bonds is 50. The van der Waals surface area contributed by atoms with Crippen molar-refractivity contribution >= 4 is 13.8 Å². The number of hydrogen-bond acceptors (Lipinski definition) is 7. The number of carbonyl (C=O) groups is 1. The molecule has 2 atom stereocenters. The molecule has 9 heteroatoms. The third kappa shape index (κ3) is 51.6. The number of ether oxygens (including phenoxy) is 2. The van der Waals surface area contributed by atoms with Crippen molar-refractivity contribution in [2.75, 3.05) is 54.1 Å². The van der Waals surface area contributed by atoms with Gasteiger partial charge in [-0.2, -0.15) is 0 Å². The third-order valence-electron chi connectivity index (χ3n) is 11.7. The van der Waals surface area contributed by atoms with Gasteiger partial charge in [0.1, 0.15) is 19.3 Å². The SMILES string of the molecule is CCCCC/C=C\C/C=C\CCCCCCCCCCCC(=O)OC(COCCCCCCCCCCCC/C=C\CCCCCCCCCC)COP(=O)([O-])OCC[N+](C)(C)C. The minimum Gasteiger partial charge on any atom is -0.756 e. The highest BCUT2D eigenvalue weighted by molar-refractivity contribution is 7.45. The molecular formula is C54H104NO7P. The largest absolute Gasteiger partial charge is 0.756 e. The second kappa shape index (κ2) is 47.2. The molecule has 0 aliphatic carbocycles. The van der Waals surface area contributed by atoms with Gasteiger partial charge in [0.15, 0.2) is 0 Å². The van der Waals surface area contributed by atoms with Crippen molar-refractivity contribution in [1.29, 1.82) is 0 Å². The van der Waals surface area contributed by atoms with Crippen LogP contribution in [-0.4, -0.2) is 70.7 Å². The fourth-order valence-electron chi connectivity index (χ4n) is 7.51. The Labute approximate surface area is 391 Å². The molecule has 2 unspecified atom stereocenters. The first-order valence-corrected chi connectivity index (χ1v) is 28.2. The highest BCUT2D eigenvalue weighted by atomic mass is 31.2. The lowest BCUT2D eigenvalue weighted by molar-refractivity contribution is -0.870. The summed E-state index contributed by atoms with van der Waals surface area (Å²) in [4.78, 5) is 25.2. The number of phosphoric acid groups is 1. The van der Waals surface area contributed by atoms with Crippen LogP contribution in [0.1, 0.15) is 245 Å². The normalized spacial score (nSPS) is 13.8. The standard InChI is InChI=1S/C54H104NO7P/c1-6-8-10-12-14-16-18-20-22-24-26-27-28-30-32-34-36-38-40-42-44-46-49-59-51-53(52-61-63(57,58)60-50-48-55(3,4)5)62-54(56)47-45-43-41-39-37-35-33-31-29-25-23-21-19-17-15-13-11-9-7-2/h15,17,21,23-24,26,53H,6-14,16,18-20,22,25,27-52H2,1-5H3/b17-15-,23-21-,26-24-. The van der Waals surface area contributed by atoms with Crippen molar-refractivity contribution < 1.29 is 37.3 Å². The third-order valence-corrected chi connectivity index (χ3v) is 12.6. The lowest BCUT2D eigenvalue weighted by Gasteiger charge is -2.28. The van der Waals surface area contributed by atoms with Crippen molar-refractivity contribution in [2.24, 2.45) is 0 Å². The van der Waals surface area contributed by atoms with Gasteiger partial charge in [0.2, 0.25) is 0 Å². The highest BCUT2D eigenvalue weighted by Crippen LogP contribution is 2.38. The van der Waals surface area contributed by atoms with E-state index in [2.05, 4.69) is 50.3 Å². The number of nitrogens with zero attached hydrogens (tertiary/aromatic N) is 1. The molecule has 0 spiro atoms. The van der Waals surface area contributed by atoms with Crippen LogP contribution >= 0.6 is 7.82 Å². The molecule has 372 valence electrons. The molecule has 0 aliphatic rings. The van der Waals surface area contributed by atoms with Crippen LogP contribution in [0.4, 0.5) is 0 Å². The van der Waals surface area contributed by atoms with E-state index in [9.17, 15) is 14.3 Å². The summed E-state index contributed by atoms with van der Waals surface area (Å²) < 4.78 is 34.8. The van der Waals surface area contributed by atoms with Crippen molar-refractivity contribution in [3.8, 4) is 0 Å². The van der Waals surface area contributed by atoms with Crippen molar-refractivity contribution in [3.05, 3.63) is 36.5 Å². The van der Waals surface area contributed by atoms with E-state index < -0.39 is 13.9 Å². The van der Waals surface area contributed by atoms with E-state index in [-0.39, 0.29) is 25.8 Å². The summed E-state index contributed by atoms with van der Waals surface area (Å²) in [5, 5.41) is 0. The Morgan fingerprint density at radius 2 is 0.873 bits per heavy atom. The molecular weight excluding hydrogens is 806 g/mol. The van der Waals surface area contributed by atoms with E-state index >= 15 is 0 Å².